The Labute approximate surface area is 181 Å². The maximum Gasteiger partial charge on any atom is 0.321 e. The van der Waals surface area contributed by atoms with Gasteiger partial charge in [-0.25, -0.2) is 0 Å². The number of amides is 1. The molecule has 1 aromatic carbocycles. The van der Waals surface area contributed by atoms with Crippen molar-refractivity contribution >= 4 is 22.5 Å². The number of carbonyl (C=O) groups is 1. The molecule has 2 N–H and O–H groups in total. The van der Waals surface area contributed by atoms with Gasteiger partial charge < -0.3 is 20.4 Å². The van der Waals surface area contributed by atoms with Gasteiger partial charge in [0.05, 0.1) is 23.4 Å². The Kier molecular flexibility index (Phi) is 5.58. The number of nitrogens with one attached hydrogen (secondary N) is 1. The summed E-state index contributed by atoms with van der Waals surface area (Å²) >= 11 is 0. The minimum Gasteiger partial charge on any atom is -0.618 e. The zero-order valence-corrected chi connectivity index (χ0v) is 18.1. The molecule has 0 radical (unpaired) electrons. The van der Waals surface area contributed by atoms with Gasteiger partial charge >= 0.3 is 5.91 Å². The Morgan fingerprint density at radius 1 is 1.39 bits per heavy atom. The van der Waals surface area contributed by atoms with E-state index in [1.54, 1.807) is 42.8 Å². The predicted molar refractivity (Wildman–Crippen MR) is 117 cm³/mol. The number of hydrogen-bond donors (Lipinski definition) is 2. The molecule has 8 nitrogen and oxygen atoms in total. The van der Waals surface area contributed by atoms with Gasteiger partial charge in [-0.05, 0) is 52.2 Å². The second kappa shape index (κ2) is 8.19. The molecular formula is C23H28N4O4. The number of nitrogens with zero attached hydrogens (tertiary/aromatic N) is 3. The van der Waals surface area contributed by atoms with Crippen molar-refractivity contribution in [1.29, 1.82) is 0 Å². The molecule has 4 rings (SSSR count). The molecule has 2 heterocycles. The van der Waals surface area contributed by atoms with Crippen LogP contribution in [0.5, 0.6) is 5.75 Å². The number of carbonyl (C=O) groups excluding carboxylic acids is 1. The van der Waals surface area contributed by atoms with Crippen molar-refractivity contribution in [3.05, 3.63) is 53.1 Å². The van der Waals surface area contributed by atoms with Crippen LogP contribution in [0.2, 0.25) is 0 Å². The molecule has 0 spiro atoms. The lowest BCUT2D eigenvalue weighted by atomic mass is 10.1. The Morgan fingerprint density at radius 3 is 2.84 bits per heavy atom. The standard InChI is InChI=1S/C23H28N4O4/c1-4-31-21-13-17-16(14-26(25-17)11-10-23(2,3)29)12-18(21)24-22(28)20-7-5-6-19(27(20)30)15-8-9-15/h5-7,12-15,29H,4,8-11H2,1-3H3,(H,24,28). The fraction of sp³-hybridized carbons (Fsp3) is 0.435. The number of pyridine rings is 1. The Hall–Kier alpha value is -3.13. The zero-order chi connectivity index (χ0) is 22.2. The molecular weight excluding hydrogens is 396 g/mol. The first kappa shape index (κ1) is 21.1. The number of aryl methyl sites for hydroxylation is 1. The van der Waals surface area contributed by atoms with Crippen molar-refractivity contribution in [2.24, 2.45) is 0 Å². The second-order valence-electron chi connectivity index (χ2n) is 8.65. The van der Waals surface area contributed by atoms with E-state index in [9.17, 15) is 15.1 Å². The summed E-state index contributed by atoms with van der Waals surface area (Å²) in [5.74, 6) is 0.259. The summed E-state index contributed by atoms with van der Waals surface area (Å²) < 4.78 is 8.23. The van der Waals surface area contributed by atoms with E-state index in [1.165, 1.54) is 6.07 Å². The monoisotopic (exact) mass is 424 g/mol. The number of hydrogen-bond acceptors (Lipinski definition) is 5. The largest absolute Gasteiger partial charge is 0.618 e. The maximum absolute atomic E-state index is 12.9. The van der Waals surface area contributed by atoms with Gasteiger partial charge in [-0.3, -0.25) is 9.48 Å². The van der Waals surface area contributed by atoms with Crippen LogP contribution in [0.1, 0.15) is 62.1 Å². The van der Waals surface area contributed by atoms with Crippen molar-refractivity contribution < 1.29 is 19.4 Å². The third kappa shape index (κ3) is 4.80. The number of aliphatic hydroxyl groups is 1. The van der Waals surface area contributed by atoms with Crippen LogP contribution in [0.25, 0.3) is 10.9 Å². The van der Waals surface area contributed by atoms with E-state index in [2.05, 4.69) is 10.4 Å². The number of ether oxygens (including phenoxy) is 1. The van der Waals surface area contributed by atoms with Gasteiger partial charge in [0.25, 0.3) is 5.69 Å². The number of anilines is 1. The first-order valence-corrected chi connectivity index (χ1v) is 10.7. The molecule has 1 amide bonds. The molecule has 1 saturated carbocycles. The van der Waals surface area contributed by atoms with Gasteiger partial charge in [-0.2, -0.15) is 9.83 Å². The van der Waals surface area contributed by atoms with E-state index in [1.807, 2.05) is 13.1 Å². The molecule has 2 aromatic heterocycles. The van der Waals surface area contributed by atoms with Gasteiger partial charge in [-0.15, -0.1) is 0 Å². The normalized spacial score (nSPS) is 14.1. The van der Waals surface area contributed by atoms with Crippen LogP contribution < -0.4 is 14.8 Å². The smallest absolute Gasteiger partial charge is 0.321 e. The molecule has 0 unspecified atom stereocenters. The average Bonchev–Trinajstić information content (AvgIpc) is 3.46. The van der Waals surface area contributed by atoms with E-state index < -0.39 is 11.5 Å². The van der Waals surface area contributed by atoms with E-state index in [-0.39, 0.29) is 11.6 Å². The quantitative estimate of drug-likeness (QED) is 0.426. The lowest BCUT2D eigenvalue weighted by Crippen LogP contribution is -2.40. The first-order chi connectivity index (χ1) is 14.7. The van der Waals surface area contributed by atoms with E-state index in [4.69, 9.17) is 4.74 Å². The van der Waals surface area contributed by atoms with Crippen molar-refractivity contribution in [1.82, 2.24) is 9.78 Å². The number of rotatable bonds is 8. The van der Waals surface area contributed by atoms with Crippen LogP contribution in [0.15, 0.2) is 36.5 Å². The highest BCUT2D eigenvalue weighted by Gasteiger charge is 2.32. The molecule has 1 aliphatic carbocycles. The van der Waals surface area contributed by atoms with E-state index >= 15 is 0 Å². The van der Waals surface area contributed by atoms with Crippen LogP contribution in [-0.4, -0.2) is 33.0 Å². The van der Waals surface area contributed by atoms with E-state index in [0.717, 1.165) is 28.5 Å². The molecule has 0 aliphatic heterocycles. The summed E-state index contributed by atoms with van der Waals surface area (Å²) in [5.41, 5.74) is 1.13. The number of aromatic nitrogens is 3. The molecule has 1 aliphatic rings. The molecule has 0 atom stereocenters. The summed E-state index contributed by atoms with van der Waals surface area (Å²) in [5, 5.41) is 30.8. The maximum atomic E-state index is 12.9. The minimum absolute atomic E-state index is 0.0628. The number of fused-ring (bicyclic) bond motifs is 1. The summed E-state index contributed by atoms with van der Waals surface area (Å²) in [6.45, 7) is 6.37. The highest BCUT2D eigenvalue weighted by molar-refractivity contribution is 6.04. The number of benzene rings is 1. The van der Waals surface area contributed by atoms with Crippen molar-refractivity contribution in [3.8, 4) is 5.75 Å². The average molecular weight is 425 g/mol. The summed E-state index contributed by atoms with van der Waals surface area (Å²) in [6, 6.07) is 8.63. The lowest BCUT2D eigenvalue weighted by Gasteiger charge is -2.16. The highest BCUT2D eigenvalue weighted by atomic mass is 16.5. The molecule has 1 fully saturated rings. The molecule has 31 heavy (non-hydrogen) atoms. The summed E-state index contributed by atoms with van der Waals surface area (Å²) in [6.07, 6.45) is 4.39. The SMILES string of the molecule is CCOc1cc2nn(CCC(C)(C)O)cc2cc1NC(=O)c1cccc(C2CC2)[n+]1[O-]. The molecule has 164 valence electrons. The Morgan fingerprint density at radius 2 is 2.16 bits per heavy atom. The minimum atomic E-state index is -0.781. The molecule has 3 aromatic rings. The van der Waals surface area contributed by atoms with Crippen LogP contribution in [0.4, 0.5) is 5.69 Å². The van der Waals surface area contributed by atoms with Crippen molar-refractivity contribution in [2.45, 2.75) is 58.1 Å². The van der Waals surface area contributed by atoms with Crippen LogP contribution >= 0.6 is 0 Å². The fourth-order valence-electron chi connectivity index (χ4n) is 3.53. The Balaban J connectivity index is 1.62. The van der Waals surface area contributed by atoms with Crippen LogP contribution in [0, 0.1) is 5.21 Å². The predicted octanol–water partition coefficient (Wildman–Crippen LogP) is 3.36. The van der Waals surface area contributed by atoms with Gasteiger partial charge in [0.15, 0.2) is 5.69 Å². The third-order valence-corrected chi connectivity index (χ3v) is 5.36. The lowest BCUT2D eigenvalue weighted by molar-refractivity contribution is -0.616. The Bertz CT molecular complexity index is 1110. The van der Waals surface area contributed by atoms with Crippen molar-refractivity contribution in [3.63, 3.8) is 0 Å². The first-order valence-electron chi connectivity index (χ1n) is 10.7. The van der Waals surface area contributed by atoms with Gasteiger partial charge in [0.1, 0.15) is 5.75 Å². The van der Waals surface area contributed by atoms with Gasteiger partial charge in [0, 0.05) is 42.2 Å². The van der Waals surface area contributed by atoms with Gasteiger partial charge in [-0.1, -0.05) is 0 Å². The van der Waals surface area contributed by atoms with Gasteiger partial charge in [0.2, 0.25) is 0 Å². The van der Waals surface area contributed by atoms with E-state index in [0.29, 0.717) is 36.7 Å². The second-order valence-corrected chi connectivity index (χ2v) is 8.65. The highest BCUT2D eigenvalue weighted by Crippen LogP contribution is 2.38. The zero-order valence-electron chi connectivity index (χ0n) is 18.1. The topological polar surface area (TPSA) is 103 Å². The third-order valence-electron chi connectivity index (χ3n) is 5.36. The summed E-state index contributed by atoms with van der Waals surface area (Å²) in [7, 11) is 0. The molecule has 8 heteroatoms. The van der Waals surface area contributed by atoms with Crippen LogP contribution in [-0.2, 0) is 6.54 Å². The molecule has 0 bridgehead atoms. The fourth-order valence-corrected chi connectivity index (χ4v) is 3.53. The van der Waals surface area contributed by atoms with Crippen LogP contribution in [0.3, 0.4) is 0 Å². The summed E-state index contributed by atoms with van der Waals surface area (Å²) in [4.78, 5) is 12.9. The molecule has 0 saturated heterocycles. The van der Waals surface area contributed by atoms with Crippen molar-refractivity contribution in [2.75, 3.05) is 11.9 Å².